The fraction of sp³-hybridized carbons (Fsp3) is 0.308. The Bertz CT molecular complexity index is 548. The number of rotatable bonds is 6. The van der Waals surface area contributed by atoms with E-state index in [0.29, 0.717) is 6.54 Å². The lowest BCUT2D eigenvalue weighted by Gasteiger charge is -2.07. The minimum atomic E-state index is -0.390. The largest absolute Gasteiger partial charge is 0.334 e. The van der Waals surface area contributed by atoms with Gasteiger partial charge in [0.15, 0.2) is 0 Å². The molecular formula is C13H16N4O2. The van der Waals surface area contributed by atoms with E-state index >= 15 is 0 Å². The molecule has 1 heterocycles. The Morgan fingerprint density at radius 3 is 2.63 bits per heavy atom. The van der Waals surface area contributed by atoms with Gasteiger partial charge in [0.05, 0.1) is 11.3 Å². The van der Waals surface area contributed by atoms with Crippen molar-refractivity contribution in [2.75, 3.05) is 6.54 Å². The second-order valence-corrected chi connectivity index (χ2v) is 4.29. The molecule has 0 fully saturated rings. The van der Waals surface area contributed by atoms with Crippen LogP contribution in [0, 0.1) is 10.1 Å². The summed E-state index contributed by atoms with van der Waals surface area (Å²) in [6, 6.07) is 6.64. The summed E-state index contributed by atoms with van der Waals surface area (Å²) in [4.78, 5) is 14.3. The summed E-state index contributed by atoms with van der Waals surface area (Å²) in [6.07, 6.45) is 5.23. The number of nitrogens with two attached hydrogens (primary N) is 1. The maximum Gasteiger partial charge on any atom is 0.269 e. The van der Waals surface area contributed by atoms with Gasteiger partial charge in [-0.2, -0.15) is 0 Å². The molecule has 0 atom stereocenters. The van der Waals surface area contributed by atoms with Crippen molar-refractivity contribution in [3.63, 3.8) is 0 Å². The molecule has 2 rings (SSSR count). The molecule has 0 radical (unpaired) electrons. The molecule has 100 valence electrons. The van der Waals surface area contributed by atoms with Crippen LogP contribution in [0.25, 0.3) is 0 Å². The van der Waals surface area contributed by atoms with E-state index in [0.717, 1.165) is 30.6 Å². The zero-order chi connectivity index (χ0) is 13.7. The monoisotopic (exact) mass is 260 g/mol. The van der Waals surface area contributed by atoms with Crippen LogP contribution in [-0.4, -0.2) is 21.0 Å². The van der Waals surface area contributed by atoms with Crippen molar-refractivity contribution in [1.29, 1.82) is 0 Å². The number of hydrogen-bond donors (Lipinski definition) is 1. The molecule has 2 aromatic rings. The summed E-state index contributed by atoms with van der Waals surface area (Å²) in [5, 5.41) is 10.6. The van der Waals surface area contributed by atoms with Crippen molar-refractivity contribution >= 4 is 5.69 Å². The molecule has 0 aliphatic carbocycles. The van der Waals surface area contributed by atoms with Crippen LogP contribution in [0.2, 0.25) is 0 Å². The van der Waals surface area contributed by atoms with Gasteiger partial charge < -0.3 is 10.3 Å². The molecule has 6 nitrogen and oxygen atoms in total. The number of nitro groups is 1. The van der Waals surface area contributed by atoms with E-state index in [-0.39, 0.29) is 10.6 Å². The highest BCUT2D eigenvalue weighted by Crippen LogP contribution is 2.13. The number of aromatic nitrogens is 2. The number of nitrogens with zero attached hydrogens (tertiary/aromatic N) is 3. The predicted octanol–water partition coefficient (Wildman–Crippen LogP) is 1.54. The molecule has 0 bridgehead atoms. The van der Waals surface area contributed by atoms with Gasteiger partial charge >= 0.3 is 0 Å². The third kappa shape index (κ3) is 3.38. The molecule has 0 saturated heterocycles. The predicted molar refractivity (Wildman–Crippen MR) is 71.8 cm³/mol. The highest BCUT2D eigenvalue weighted by molar-refractivity contribution is 5.32. The summed E-state index contributed by atoms with van der Waals surface area (Å²) in [5.74, 6) is 0. The molecule has 6 heteroatoms. The van der Waals surface area contributed by atoms with Crippen molar-refractivity contribution in [3.8, 4) is 0 Å². The third-order valence-electron chi connectivity index (χ3n) is 2.99. The number of benzene rings is 1. The number of hydrogen-bond acceptors (Lipinski definition) is 4. The molecular weight excluding hydrogens is 244 g/mol. The summed E-state index contributed by atoms with van der Waals surface area (Å²) in [7, 11) is 0. The van der Waals surface area contributed by atoms with Gasteiger partial charge in [0.25, 0.3) is 5.69 Å². The highest BCUT2D eigenvalue weighted by Gasteiger charge is 2.05. The number of nitro benzene ring substituents is 1. The van der Waals surface area contributed by atoms with E-state index in [1.807, 2.05) is 6.20 Å². The number of aryl methyl sites for hydroxylation is 2. The Labute approximate surface area is 111 Å². The van der Waals surface area contributed by atoms with Gasteiger partial charge in [-0.1, -0.05) is 12.1 Å². The first kappa shape index (κ1) is 13.2. The molecule has 1 aromatic heterocycles. The van der Waals surface area contributed by atoms with Gasteiger partial charge in [-0.3, -0.25) is 10.1 Å². The number of non-ortho nitro benzene ring substituents is 1. The van der Waals surface area contributed by atoms with Crippen LogP contribution in [0.5, 0.6) is 0 Å². The van der Waals surface area contributed by atoms with Crippen LogP contribution in [-0.2, 0) is 19.4 Å². The van der Waals surface area contributed by atoms with Crippen LogP contribution >= 0.6 is 0 Å². The maximum absolute atomic E-state index is 10.6. The van der Waals surface area contributed by atoms with Crippen LogP contribution < -0.4 is 5.73 Å². The molecule has 2 N–H and O–H groups in total. The van der Waals surface area contributed by atoms with Crippen molar-refractivity contribution in [2.45, 2.75) is 19.4 Å². The van der Waals surface area contributed by atoms with Crippen LogP contribution in [0.15, 0.2) is 36.8 Å². The van der Waals surface area contributed by atoms with Crippen molar-refractivity contribution in [1.82, 2.24) is 9.55 Å². The summed E-state index contributed by atoms with van der Waals surface area (Å²) in [6.45, 7) is 1.40. The van der Waals surface area contributed by atoms with E-state index in [9.17, 15) is 10.1 Å². The lowest BCUT2D eigenvalue weighted by molar-refractivity contribution is -0.384. The highest BCUT2D eigenvalue weighted by atomic mass is 16.6. The second kappa shape index (κ2) is 6.10. The number of imidazole rings is 1. The van der Waals surface area contributed by atoms with E-state index in [4.69, 9.17) is 5.73 Å². The Morgan fingerprint density at radius 1 is 1.26 bits per heavy atom. The van der Waals surface area contributed by atoms with E-state index in [1.54, 1.807) is 18.5 Å². The first-order chi connectivity index (χ1) is 9.20. The Balaban J connectivity index is 1.98. The molecule has 0 aliphatic rings. The second-order valence-electron chi connectivity index (χ2n) is 4.29. The SMILES string of the molecule is NCCc1cncn1CCc1ccc([N+](=O)[O-])cc1. The standard InChI is InChI=1S/C13H16N4O2/c14-7-5-13-9-15-10-16(13)8-6-11-1-3-12(4-2-11)17(18)19/h1-4,9-10H,5-8,14H2. The van der Waals surface area contributed by atoms with Gasteiger partial charge in [0.2, 0.25) is 0 Å². The quantitative estimate of drug-likeness (QED) is 0.630. The lowest BCUT2D eigenvalue weighted by atomic mass is 10.1. The van der Waals surface area contributed by atoms with Gasteiger partial charge in [-0.25, -0.2) is 4.98 Å². The summed E-state index contributed by atoms with van der Waals surface area (Å²) < 4.78 is 2.06. The smallest absolute Gasteiger partial charge is 0.269 e. The fourth-order valence-electron chi connectivity index (χ4n) is 1.94. The van der Waals surface area contributed by atoms with Gasteiger partial charge in [-0.05, 0) is 18.5 Å². The molecule has 0 spiro atoms. The molecule has 0 saturated carbocycles. The average molecular weight is 260 g/mol. The Hall–Kier alpha value is -2.21. The average Bonchev–Trinajstić information content (AvgIpc) is 2.85. The van der Waals surface area contributed by atoms with Gasteiger partial charge in [-0.15, -0.1) is 0 Å². The molecule has 0 amide bonds. The molecule has 0 aliphatic heterocycles. The lowest BCUT2D eigenvalue weighted by Crippen LogP contribution is -2.09. The zero-order valence-electron chi connectivity index (χ0n) is 10.5. The zero-order valence-corrected chi connectivity index (χ0v) is 10.5. The van der Waals surface area contributed by atoms with Crippen LogP contribution in [0.4, 0.5) is 5.69 Å². The molecule has 19 heavy (non-hydrogen) atoms. The Morgan fingerprint density at radius 2 is 2.00 bits per heavy atom. The van der Waals surface area contributed by atoms with Gasteiger partial charge in [0, 0.05) is 37.0 Å². The van der Waals surface area contributed by atoms with Crippen molar-refractivity contribution < 1.29 is 4.92 Å². The summed E-state index contributed by atoms with van der Waals surface area (Å²) in [5.41, 5.74) is 7.84. The van der Waals surface area contributed by atoms with Crippen molar-refractivity contribution in [2.24, 2.45) is 5.73 Å². The van der Waals surface area contributed by atoms with Gasteiger partial charge in [0.1, 0.15) is 0 Å². The maximum atomic E-state index is 10.6. The minimum Gasteiger partial charge on any atom is -0.334 e. The minimum absolute atomic E-state index is 0.121. The van der Waals surface area contributed by atoms with E-state index < -0.39 is 0 Å². The molecule has 1 aromatic carbocycles. The third-order valence-corrected chi connectivity index (χ3v) is 2.99. The first-order valence-corrected chi connectivity index (χ1v) is 6.13. The summed E-state index contributed by atoms with van der Waals surface area (Å²) >= 11 is 0. The van der Waals surface area contributed by atoms with E-state index in [2.05, 4.69) is 9.55 Å². The normalized spacial score (nSPS) is 10.6. The van der Waals surface area contributed by atoms with Crippen LogP contribution in [0.1, 0.15) is 11.3 Å². The fourth-order valence-corrected chi connectivity index (χ4v) is 1.94. The first-order valence-electron chi connectivity index (χ1n) is 6.13. The topological polar surface area (TPSA) is 87.0 Å². The Kier molecular flexibility index (Phi) is 4.25. The van der Waals surface area contributed by atoms with E-state index in [1.165, 1.54) is 12.1 Å². The van der Waals surface area contributed by atoms with Crippen LogP contribution in [0.3, 0.4) is 0 Å². The van der Waals surface area contributed by atoms with Crippen molar-refractivity contribution in [3.05, 3.63) is 58.2 Å². The molecule has 0 unspecified atom stereocenters.